The van der Waals surface area contributed by atoms with Crippen LogP contribution in [0.1, 0.15) is 19.4 Å². The molecule has 0 aliphatic carbocycles. The predicted molar refractivity (Wildman–Crippen MR) is 79.9 cm³/mol. The van der Waals surface area contributed by atoms with E-state index in [1.54, 1.807) is 7.11 Å². The molecule has 98 valence electrons. The summed E-state index contributed by atoms with van der Waals surface area (Å²) >= 11 is 0. The molecular formula is C17H19NO. The lowest BCUT2D eigenvalue weighted by atomic mass is 9.85. The lowest BCUT2D eigenvalue weighted by molar-refractivity contribution is 0.415. The average molecular weight is 253 g/mol. The predicted octanol–water partition coefficient (Wildman–Crippen LogP) is 4.07. The second-order valence-corrected chi connectivity index (χ2v) is 5.73. The zero-order valence-corrected chi connectivity index (χ0v) is 11.7. The number of fused-ring (bicyclic) bond motifs is 1. The van der Waals surface area contributed by atoms with Gasteiger partial charge in [-0.15, -0.1) is 0 Å². The van der Waals surface area contributed by atoms with Crippen molar-refractivity contribution in [3.63, 3.8) is 0 Å². The van der Waals surface area contributed by atoms with Gasteiger partial charge < -0.3 is 10.1 Å². The molecule has 0 bridgehead atoms. The molecule has 0 spiro atoms. The van der Waals surface area contributed by atoms with Gasteiger partial charge in [-0.2, -0.15) is 0 Å². The molecule has 0 fully saturated rings. The van der Waals surface area contributed by atoms with E-state index < -0.39 is 0 Å². The van der Waals surface area contributed by atoms with Crippen molar-refractivity contribution in [3.8, 4) is 16.9 Å². The Morgan fingerprint density at radius 2 is 1.84 bits per heavy atom. The van der Waals surface area contributed by atoms with Crippen LogP contribution >= 0.6 is 0 Å². The Hall–Kier alpha value is -1.96. The van der Waals surface area contributed by atoms with Gasteiger partial charge in [0.1, 0.15) is 5.75 Å². The molecule has 0 radical (unpaired) electrons. The molecule has 3 rings (SSSR count). The summed E-state index contributed by atoms with van der Waals surface area (Å²) in [6.45, 7) is 5.56. The molecule has 0 aromatic heterocycles. The van der Waals surface area contributed by atoms with Gasteiger partial charge >= 0.3 is 0 Å². The minimum Gasteiger partial charge on any atom is -0.497 e. The number of methoxy groups -OCH3 is 1. The number of ether oxygens (including phenoxy) is 1. The Bertz CT molecular complexity index is 616. The minimum absolute atomic E-state index is 0.199. The molecule has 2 nitrogen and oxygen atoms in total. The molecule has 19 heavy (non-hydrogen) atoms. The number of rotatable bonds is 2. The maximum absolute atomic E-state index is 5.30. The van der Waals surface area contributed by atoms with Crippen molar-refractivity contribution >= 4 is 5.69 Å². The van der Waals surface area contributed by atoms with Crippen molar-refractivity contribution in [1.29, 1.82) is 0 Å². The van der Waals surface area contributed by atoms with Crippen molar-refractivity contribution in [2.75, 3.05) is 19.0 Å². The molecule has 0 atom stereocenters. The summed E-state index contributed by atoms with van der Waals surface area (Å²) < 4.78 is 5.30. The Morgan fingerprint density at radius 1 is 1.05 bits per heavy atom. The van der Waals surface area contributed by atoms with Gasteiger partial charge in [0.25, 0.3) is 0 Å². The van der Waals surface area contributed by atoms with E-state index in [0.717, 1.165) is 12.3 Å². The van der Waals surface area contributed by atoms with Crippen LogP contribution in [0.4, 0.5) is 5.69 Å². The van der Waals surface area contributed by atoms with Gasteiger partial charge in [0.2, 0.25) is 0 Å². The van der Waals surface area contributed by atoms with Gasteiger partial charge in [-0.25, -0.2) is 0 Å². The summed E-state index contributed by atoms with van der Waals surface area (Å²) in [7, 11) is 1.70. The maximum atomic E-state index is 5.30. The highest BCUT2D eigenvalue weighted by Crippen LogP contribution is 2.38. The van der Waals surface area contributed by atoms with Gasteiger partial charge in [-0.05, 0) is 41.0 Å². The van der Waals surface area contributed by atoms with Crippen LogP contribution in [-0.4, -0.2) is 13.7 Å². The van der Waals surface area contributed by atoms with E-state index in [4.69, 9.17) is 4.74 Å². The Labute approximate surface area is 114 Å². The van der Waals surface area contributed by atoms with Gasteiger partial charge in [-0.3, -0.25) is 0 Å². The van der Waals surface area contributed by atoms with Crippen molar-refractivity contribution in [1.82, 2.24) is 0 Å². The fourth-order valence-electron chi connectivity index (χ4n) is 2.65. The first-order valence-electron chi connectivity index (χ1n) is 6.63. The van der Waals surface area contributed by atoms with Crippen molar-refractivity contribution in [2.45, 2.75) is 19.3 Å². The van der Waals surface area contributed by atoms with Crippen LogP contribution in [0.3, 0.4) is 0 Å². The topological polar surface area (TPSA) is 21.3 Å². The quantitative estimate of drug-likeness (QED) is 0.871. The van der Waals surface area contributed by atoms with E-state index in [1.807, 2.05) is 12.1 Å². The summed E-state index contributed by atoms with van der Waals surface area (Å²) in [5.41, 5.74) is 5.30. The monoisotopic (exact) mass is 253 g/mol. The van der Waals surface area contributed by atoms with Gasteiger partial charge in [0.05, 0.1) is 7.11 Å². The molecule has 1 aliphatic heterocycles. The first kappa shape index (κ1) is 12.1. The molecule has 2 aromatic rings. The molecule has 2 aromatic carbocycles. The summed E-state index contributed by atoms with van der Waals surface area (Å²) in [5.74, 6) is 0.899. The average Bonchev–Trinajstić information content (AvgIpc) is 2.74. The lowest BCUT2D eigenvalue weighted by Crippen LogP contribution is -2.18. The number of benzene rings is 2. The fraction of sp³-hybridized carbons (Fsp3) is 0.294. The van der Waals surface area contributed by atoms with Gasteiger partial charge in [0, 0.05) is 17.6 Å². The Morgan fingerprint density at radius 3 is 2.63 bits per heavy atom. The van der Waals surface area contributed by atoms with Gasteiger partial charge in [0.15, 0.2) is 0 Å². The lowest BCUT2D eigenvalue weighted by Gasteiger charge is -2.18. The number of anilines is 1. The van der Waals surface area contributed by atoms with Crippen molar-refractivity contribution in [3.05, 3.63) is 48.0 Å². The van der Waals surface area contributed by atoms with Crippen LogP contribution in [0.15, 0.2) is 42.5 Å². The fourth-order valence-corrected chi connectivity index (χ4v) is 2.65. The highest BCUT2D eigenvalue weighted by Gasteiger charge is 2.29. The molecular weight excluding hydrogens is 234 g/mol. The zero-order valence-electron chi connectivity index (χ0n) is 11.7. The molecule has 1 aliphatic rings. The van der Waals surface area contributed by atoms with Crippen LogP contribution in [-0.2, 0) is 5.41 Å². The van der Waals surface area contributed by atoms with Crippen LogP contribution in [0.25, 0.3) is 11.1 Å². The third-order valence-corrected chi connectivity index (χ3v) is 3.87. The normalized spacial score (nSPS) is 15.7. The Kier molecular flexibility index (Phi) is 2.74. The molecule has 2 heteroatoms. The number of hydrogen-bond acceptors (Lipinski definition) is 2. The van der Waals surface area contributed by atoms with Crippen molar-refractivity contribution in [2.24, 2.45) is 0 Å². The molecule has 1 heterocycles. The maximum Gasteiger partial charge on any atom is 0.119 e. The smallest absolute Gasteiger partial charge is 0.119 e. The van der Waals surface area contributed by atoms with Gasteiger partial charge in [-0.1, -0.05) is 32.0 Å². The highest BCUT2D eigenvalue weighted by molar-refractivity contribution is 5.72. The molecule has 0 amide bonds. The molecule has 0 saturated heterocycles. The minimum atomic E-state index is 0.199. The van der Waals surface area contributed by atoms with Crippen LogP contribution in [0.5, 0.6) is 5.75 Å². The molecule has 0 saturated carbocycles. The Balaban J connectivity index is 2.07. The largest absolute Gasteiger partial charge is 0.497 e. The third kappa shape index (κ3) is 2.07. The van der Waals surface area contributed by atoms with Crippen LogP contribution in [0, 0.1) is 0 Å². The first-order valence-corrected chi connectivity index (χ1v) is 6.63. The van der Waals surface area contributed by atoms with Crippen molar-refractivity contribution < 1.29 is 4.74 Å². The standard InChI is InChI=1S/C17H19NO/c1-17(2)11-18-16-8-7-13(10-15(16)17)12-5-4-6-14(9-12)19-3/h4-10,18H,11H2,1-3H3. The SMILES string of the molecule is COc1cccc(-c2ccc3c(c2)C(C)(C)CN3)c1. The van der Waals surface area contributed by atoms with E-state index in [0.29, 0.717) is 0 Å². The highest BCUT2D eigenvalue weighted by atomic mass is 16.5. The van der Waals surface area contributed by atoms with Crippen LogP contribution in [0.2, 0.25) is 0 Å². The zero-order chi connectivity index (χ0) is 13.5. The number of nitrogens with one attached hydrogen (secondary N) is 1. The molecule has 0 unspecified atom stereocenters. The summed E-state index contributed by atoms with van der Waals surface area (Å²) in [6, 6.07) is 14.9. The first-order chi connectivity index (χ1) is 9.10. The summed E-state index contributed by atoms with van der Waals surface area (Å²) in [6.07, 6.45) is 0. The van der Waals surface area contributed by atoms with E-state index >= 15 is 0 Å². The summed E-state index contributed by atoms with van der Waals surface area (Å²) in [5, 5.41) is 3.47. The van der Waals surface area contributed by atoms with E-state index in [-0.39, 0.29) is 5.41 Å². The second kappa shape index (κ2) is 4.30. The second-order valence-electron chi connectivity index (χ2n) is 5.73. The molecule has 1 N–H and O–H groups in total. The van der Waals surface area contributed by atoms with Crippen LogP contribution < -0.4 is 10.1 Å². The third-order valence-electron chi connectivity index (χ3n) is 3.87. The van der Waals surface area contributed by atoms with E-state index in [2.05, 4.69) is 49.5 Å². The number of hydrogen-bond donors (Lipinski definition) is 1. The van der Waals surface area contributed by atoms with E-state index in [9.17, 15) is 0 Å². The van der Waals surface area contributed by atoms with E-state index in [1.165, 1.54) is 22.4 Å². The summed E-state index contributed by atoms with van der Waals surface area (Å²) in [4.78, 5) is 0.